The van der Waals surface area contributed by atoms with Crippen LogP contribution in [-0.4, -0.2) is 27.6 Å². The first-order valence-corrected chi connectivity index (χ1v) is 9.99. The van der Waals surface area contributed by atoms with Crippen LogP contribution in [0.2, 0.25) is 0 Å². The van der Waals surface area contributed by atoms with Crippen molar-refractivity contribution in [2.24, 2.45) is 0 Å². The van der Waals surface area contributed by atoms with Crippen molar-refractivity contribution in [3.05, 3.63) is 77.9 Å². The SMILES string of the molecule is O=Cc1cc(O)ccc1-c1sc2cc(O)ccc2c1Oc1ccc(/C=C/C(=O)O)cc1. The molecule has 1 aromatic heterocycles. The number of phenols is 2. The molecule has 0 aliphatic carbocycles. The van der Waals surface area contributed by atoms with Gasteiger partial charge in [0, 0.05) is 27.3 Å². The molecule has 0 saturated heterocycles. The van der Waals surface area contributed by atoms with Crippen molar-refractivity contribution < 1.29 is 29.6 Å². The second kappa shape index (κ2) is 8.33. The molecule has 0 aliphatic heterocycles. The molecule has 0 fully saturated rings. The molecule has 1 heterocycles. The summed E-state index contributed by atoms with van der Waals surface area (Å²) in [6.07, 6.45) is 3.20. The van der Waals surface area contributed by atoms with Gasteiger partial charge in [0.1, 0.15) is 17.2 Å². The lowest BCUT2D eigenvalue weighted by Crippen LogP contribution is -1.90. The van der Waals surface area contributed by atoms with Crippen LogP contribution in [0.4, 0.5) is 0 Å². The number of benzene rings is 3. The van der Waals surface area contributed by atoms with E-state index >= 15 is 0 Å². The number of rotatable bonds is 6. The summed E-state index contributed by atoms with van der Waals surface area (Å²) in [4.78, 5) is 23.0. The molecule has 0 bridgehead atoms. The number of carboxylic acid groups (broad SMARTS) is 1. The van der Waals surface area contributed by atoms with E-state index in [-0.39, 0.29) is 11.5 Å². The van der Waals surface area contributed by atoms with Crippen molar-refractivity contribution in [1.29, 1.82) is 0 Å². The van der Waals surface area contributed by atoms with Gasteiger partial charge in [-0.25, -0.2) is 4.79 Å². The van der Waals surface area contributed by atoms with E-state index in [9.17, 15) is 19.8 Å². The van der Waals surface area contributed by atoms with Crippen molar-refractivity contribution >= 4 is 39.8 Å². The normalized spacial score (nSPS) is 11.1. The van der Waals surface area contributed by atoms with Gasteiger partial charge in [0.15, 0.2) is 12.0 Å². The number of aldehydes is 1. The van der Waals surface area contributed by atoms with Gasteiger partial charge in [-0.05, 0) is 60.2 Å². The standard InChI is InChI=1S/C24H16O6S/c25-13-15-11-16(26)4-8-19(15)24-23(20-9-5-17(27)12-21(20)31-24)30-18-6-1-14(2-7-18)3-10-22(28)29/h1-13,26-27H,(H,28,29)/b10-3+. The Hall–Kier alpha value is -4.10. The molecule has 4 aromatic rings. The van der Waals surface area contributed by atoms with Gasteiger partial charge in [0.2, 0.25) is 0 Å². The molecule has 0 unspecified atom stereocenters. The lowest BCUT2D eigenvalue weighted by Gasteiger charge is -2.10. The van der Waals surface area contributed by atoms with Gasteiger partial charge in [0.25, 0.3) is 0 Å². The molecule has 3 N–H and O–H groups in total. The van der Waals surface area contributed by atoms with Crippen molar-refractivity contribution in [3.63, 3.8) is 0 Å². The zero-order valence-electron chi connectivity index (χ0n) is 16.0. The Labute approximate surface area is 180 Å². The van der Waals surface area contributed by atoms with Crippen molar-refractivity contribution in [1.82, 2.24) is 0 Å². The van der Waals surface area contributed by atoms with E-state index in [4.69, 9.17) is 9.84 Å². The maximum absolute atomic E-state index is 11.6. The number of hydrogen-bond acceptors (Lipinski definition) is 6. The summed E-state index contributed by atoms with van der Waals surface area (Å²) in [5.41, 5.74) is 1.62. The molecule has 31 heavy (non-hydrogen) atoms. The fourth-order valence-corrected chi connectivity index (χ4v) is 4.34. The minimum absolute atomic E-state index is 0.0166. The summed E-state index contributed by atoms with van der Waals surface area (Å²) < 4.78 is 6.95. The second-order valence-corrected chi connectivity index (χ2v) is 7.73. The zero-order chi connectivity index (χ0) is 22.0. The highest BCUT2D eigenvalue weighted by Crippen LogP contribution is 2.48. The molecule has 154 valence electrons. The predicted molar refractivity (Wildman–Crippen MR) is 119 cm³/mol. The average Bonchev–Trinajstić information content (AvgIpc) is 3.10. The zero-order valence-corrected chi connectivity index (χ0v) is 16.8. The molecule has 0 amide bonds. The van der Waals surface area contributed by atoms with E-state index in [0.717, 1.165) is 16.2 Å². The third kappa shape index (κ3) is 4.26. The Bertz CT molecular complexity index is 1320. The van der Waals surface area contributed by atoms with E-state index < -0.39 is 5.97 Å². The summed E-state index contributed by atoms with van der Waals surface area (Å²) >= 11 is 1.36. The molecule has 0 saturated carbocycles. The van der Waals surface area contributed by atoms with Gasteiger partial charge in [-0.2, -0.15) is 0 Å². The summed E-state index contributed by atoms with van der Waals surface area (Å²) in [7, 11) is 0. The molecule has 7 heteroatoms. The summed E-state index contributed by atoms with van der Waals surface area (Å²) in [5.74, 6) is 0.105. The van der Waals surface area contributed by atoms with Gasteiger partial charge in [0.05, 0.1) is 4.88 Å². The highest BCUT2D eigenvalue weighted by molar-refractivity contribution is 7.22. The Morgan fingerprint density at radius 1 is 0.935 bits per heavy atom. The highest BCUT2D eigenvalue weighted by Gasteiger charge is 2.19. The summed E-state index contributed by atoms with van der Waals surface area (Å²) in [5, 5.41) is 29.1. The van der Waals surface area contributed by atoms with Crippen molar-refractivity contribution in [3.8, 4) is 33.4 Å². The van der Waals surface area contributed by atoms with Gasteiger partial charge < -0.3 is 20.1 Å². The number of aliphatic carboxylic acids is 1. The number of carbonyl (C=O) groups is 2. The molecule has 4 rings (SSSR count). The number of hydrogen-bond donors (Lipinski definition) is 3. The van der Waals surface area contributed by atoms with Crippen LogP contribution in [0.15, 0.2) is 66.7 Å². The first-order valence-electron chi connectivity index (χ1n) is 9.17. The Morgan fingerprint density at radius 2 is 1.65 bits per heavy atom. The molecule has 3 aromatic carbocycles. The van der Waals surface area contributed by atoms with E-state index in [1.54, 1.807) is 48.5 Å². The van der Waals surface area contributed by atoms with Crippen LogP contribution < -0.4 is 4.74 Å². The van der Waals surface area contributed by atoms with Crippen LogP contribution in [0, 0.1) is 0 Å². The minimum Gasteiger partial charge on any atom is -0.508 e. The molecule has 0 atom stereocenters. The van der Waals surface area contributed by atoms with Gasteiger partial charge in [-0.3, -0.25) is 4.79 Å². The smallest absolute Gasteiger partial charge is 0.328 e. The fourth-order valence-electron chi connectivity index (χ4n) is 3.13. The minimum atomic E-state index is -1.03. The first-order chi connectivity index (χ1) is 14.9. The van der Waals surface area contributed by atoms with Crippen LogP contribution in [0.3, 0.4) is 0 Å². The van der Waals surface area contributed by atoms with Crippen molar-refractivity contribution in [2.75, 3.05) is 0 Å². The van der Waals surface area contributed by atoms with Crippen LogP contribution in [0.1, 0.15) is 15.9 Å². The lowest BCUT2D eigenvalue weighted by molar-refractivity contribution is -0.131. The molecule has 0 radical (unpaired) electrons. The molecule has 0 spiro atoms. The number of carboxylic acids is 1. The monoisotopic (exact) mass is 432 g/mol. The predicted octanol–water partition coefficient (Wildman–Crippen LogP) is 5.68. The van der Waals surface area contributed by atoms with Crippen LogP contribution in [0.5, 0.6) is 23.0 Å². The quantitative estimate of drug-likeness (QED) is 0.267. The molecule has 0 aliphatic rings. The Kier molecular flexibility index (Phi) is 5.43. The van der Waals surface area contributed by atoms with Crippen LogP contribution in [0.25, 0.3) is 26.6 Å². The van der Waals surface area contributed by atoms with E-state index in [1.807, 2.05) is 0 Å². The third-order valence-electron chi connectivity index (χ3n) is 4.55. The van der Waals surface area contributed by atoms with Gasteiger partial charge >= 0.3 is 5.97 Å². The number of carbonyl (C=O) groups excluding carboxylic acids is 1. The van der Waals surface area contributed by atoms with Gasteiger partial charge in [-0.1, -0.05) is 12.1 Å². The topological polar surface area (TPSA) is 104 Å². The lowest BCUT2D eigenvalue weighted by atomic mass is 10.1. The first kappa shape index (κ1) is 20.2. The van der Waals surface area contributed by atoms with E-state index in [2.05, 4.69) is 0 Å². The summed E-state index contributed by atoms with van der Waals surface area (Å²) in [6, 6.07) is 16.3. The van der Waals surface area contributed by atoms with Crippen molar-refractivity contribution in [2.45, 2.75) is 0 Å². The largest absolute Gasteiger partial charge is 0.508 e. The average molecular weight is 432 g/mol. The molecular formula is C24H16O6S. The van der Waals surface area contributed by atoms with Crippen LogP contribution in [-0.2, 0) is 4.79 Å². The molecular weight excluding hydrogens is 416 g/mol. The van der Waals surface area contributed by atoms with E-state index in [0.29, 0.717) is 39.4 Å². The number of aromatic hydroxyl groups is 2. The number of thiophene rings is 1. The Balaban J connectivity index is 1.81. The second-order valence-electron chi connectivity index (χ2n) is 6.67. The number of ether oxygens (including phenoxy) is 1. The van der Waals surface area contributed by atoms with E-state index in [1.165, 1.54) is 29.5 Å². The third-order valence-corrected chi connectivity index (χ3v) is 5.72. The maximum Gasteiger partial charge on any atom is 0.328 e. The number of phenolic OH excluding ortho intramolecular Hbond substituents is 2. The van der Waals surface area contributed by atoms with Crippen LogP contribution >= 0.6 is 11.3 Å². The summed E-state index contributed by atoms with van der Waals surface area (Å²) in [6.45, 7) is 0. The fraction of sp³-hybridized carbons (Fsp3) is 0. The Morgan fingerprint density at radius 3 is 2.35 bits per heavy atom. The number of fused-ring (bicyclic) bond motifs is 1. The molecule has 6 nitrogen and oxygen atoms in total. The van der Waals surface area contributed by atoms with Gasteiger partial charge in [-0.15, -0.1) is 11.3 Å². The highest BCUT2D eigenvalue weighted by atomic mass is 32.1. The maximum atomic E-state index is 11.6.